The third kappa shape index (κ3) is 27.5. The van der Waals surface area contributed by atoms with Crippen LogP contribution in [0.5, 0.6) is 0 Å². The Hall–Kier alpha value is -0.440. The summed E-state index contributed by atoms with van der Waals surface area (Å²) < 4.78 is 55.1. The molecule has 0 amide bonds. The molecule has 276 valence electrons. The Balaban J connectivity index is 1.73. The van der Waals surface area contributed by atoms with Crippen molar-refractivity contribution in [2.75, 3.05) is 132 Å². The van der Waals surface area contributed by atoms with E-state index in [2.05, 4.69) is 34.6 Å². The molecule has 0 radical (unpaired) electrons. The van der Waals surface area contributed by atoms with Crippen molar-refractivity contribution in [3.05, 3.63) is 0 Å². The van der Waals surface area contributed by atoms with Crippen molar-refractivity contribution in [1.29, 1.82) is 0 Å². The van der Waals surface area contributed by atoms with Gasteiger partial charge in [-0.3, -0.25) is 0 Å². The molecule has 0 aromatic rings. The summed E-state index contributed by atoms with van der Waals surface area (Å²) in [5, 5.41) is 8.59. The molecule has 1 aliphatic rings. The molecule has 46 heavy (non-hydrogen) atoms. The van der Waals surface area contributed by atoms with Crippen LogP contribution in [0.25, 0.3) is 0 Å². The lowest BCUT2D eigenvalue weighted by molar-refractivity contribution is -0.0404. The van der Waals surface area contributed by atoms with Crippen LogP contribution in [0.3, 0.4) is 0 Å². The Morgan fingerprint density at radius 2 is 0.717 bits per heavy atom. The van der Waals surface area contributed by atoms with Crippen molar-refractivity contribution in [2.45, 2.75) is 79.2 Å². The molecular weight excluding hydrogens is 596 g/mol. The molecular formula is C35H70O11. The molecule has 1 rings (SSSR count). The maximum Gasteiger partial charge on any atom is 0.0704 e. The van der Waals surface area contributed by atoms with Gasteiger partial charge in [0.15, 0.2) is 0 Å². The Bertz CT molecular complexity index is 637. The first-order chi connectivity index (χ1) is 22.2. The Morgan fingerprint density at radius 1 is 0.413 bits per heavy atom. The molecule has 0 saturated heterocycles. The Morgan fingerprint density at radius 3 is 1.02 bits per heavy atom. The highest BCUT2D eigenvalue weighted by Crippen LogP contribution is 2.43. The second-order valence-corrected chi connectivity index (χ2v) is 13.6. The molecule has 0 aromatic carbocycles. The summed E-state index contributed by atoms with van der Waals surface area (Å²) in [5.74, 6) is 0.808. The smallest absolute Gasteiger partial charge is 0.0704 e. The zero-order valence-corrected chi connectivity index (χ0v) is 30.1. The third-order valence-electron chi connectivity index (χ3n) is 8.09. The van der Waals surface area contributed by atoms with Gasteiger partial charge in [0.1, 0.15) is 0 Å². The first-order valence-corrected chi connectivity index (χ1v) is 17.7. The molecule has 0 atom stereocenters. The minimum absolute atomic E-state index is 0.0295. The molecule has 1 fully saturated rings. The number of ether oxygens (including phenoxy) is 10. The van der Waals surface area contributed by atoms with Gasteiger partial charge < -0.3 is 52.5 Å². The van der Waals surface area contributed by atoms with Crippen LogP contribution in [0.2, 0.25) is 0 Å². The lowest BCUT2D eigenvalue weighted by Gasteiger charge is -2.40. The van der Waals surface area contributed by atoms with E-state index in [1.807, 2.05) is 0 Å². The zero-order valence-electron chi connectivity index (χ0n) is 30.1. The fraction of sp³-hybridized carbons (Fsp3) is 1.00. The SMILES string of the molecule is CC(C)(C)CCC(C)(C)C1CCC(OCCOCCOCCOCCOCCOCCOCCOCCOCCOCCO)CC1. The highest BCUT2D eigenvalue weighted by molar-refractivity contribution is 4.85. The van der Waals surface area contributed by atoms with Gasteiger partial charge >= 0.3 is 0 Å². The van der Waals surface area contributed by atoms with Gasteiger partial charge in [-0.05, 0) is 55.3 Å². The largest absolute Gasteiger partial charge is 0.394 e. The van der Waals surface area contributed by atoms with Crippen molar-refractivity contribution in [1.82, 2.24) is 0 Å². The van der Waals surface area contributed by atoms with Crippen LogP contribution in [0.1, 0.15) is 73.1 Å². The van der Waals surface area contributed by atoms with Gasteiger partial charge in [0.25, 0.3) is 0 Å². The van der Waals surface area contributed by atoms with E-state index in [4.69, 9.17) is 52.5 Å². The minimum Gasteiger partial charge on any atom is -0.394 e. The minimum atomic E-state index is 0.0295. The zero-order chi connectivity index (χ0) is 33.6. The molecule has 1 saturated carbocycles. The fourth-order valence-electron chi connectivity index (χ4n) is 5.11. The molecule has 0 heterocycles. The van der Waals surface area contributed by atoms with E-state index < -0.39 is 0 Å². The standard InChI is InChI=1S/C35H70O11/c1-34(2,3)10-11-35(4,5)32-6-8-33(9-7-32)46-31-30-45-29-28-44-27-26-43-25-24-42-23-22-41-21-20-40-19-18-39-17-16-38-15-14-37-13-12-36/h32-33,36H,6-31H2,1-5H3. The van der Waals surface area contributed by atoms with Crippen molar-refractivity contribution in [3.63, 3.8) is 0 Å². The molecule has 1 N–H and O–H groups in total. The number of rotatable bonds is 33. The van der Waals surface area contributed by atoms with Crippen LogP contribution < -0.4 is 0 Å². The van der Waals surface area contributed by atoms with Gasteiger partial charge in [0.2, 0.25) is 0 Å². The van der Waals surface area contributed by atoms with E-state index in [-0.39, 0.29) is 6.61 Å². The maximum absolute atomic E-state index is 8.59. The van der Waals surface area contributed by atoms with Crippen molar-refractivity contribution in [3.8, 4) is 0 Å². The van der Waals surface area contributed by atoms with Gasteiger partial charge in [0, 0.05) is 0 Å². The molecule has 0 aromatic heterocycles. The normalized spacial score (nSPS) is 17.6. The van der Waals surface area contributed by atoms with Crippen LogP contribution in [0, 0.1) is 16.7 Å². The van der Waals surface area contributed by atoms with Crippen LogP contribution in [0.4, 0.5) is 0 Å². The van der Waals surface area contributed by atoms with E-state index in [0.717, 1.165) is 5.92 Å². The summed E-state index contributed by atoms with van der Waals surface area (Å²) in [6.07, 6.45) is 7.86. The predicted octanol–water partition coefficient (Wildman–Crippen LogP) is 4.56. The van der Waals surface area contributed by atoms with Gasteiger partial charge in [-0.2, -0.15) is 0 Å². The van der Waals surface area contributed by atoms with Crippen molar-refractivity contribution >= 4 is 0 Å². The topological polar surface area (TPSA) is 113 Å². The average Bonchev–Trinajstić information content (AvgIpc) is 3.03. The van der Waals surface area contributed by atoms with Crippen LogP contribution in [-0.2, 0) is 47.4 Å². The third-order valence-corrected chi connectivity index (χ3v) is 8.09. The maximum atomic E-state index is 8.59. The molecule has 0 unspecified atom stereocenters. The van der Waals surface area contributed by atoms with Gasteiger partial charge in [0.05, 0.1) is 138 Å². The highest BCUT2D eigenvalue weighted by Gasteiger charge is 2.34. The lowest BCUT2D eigenvalue weighted by atomic mass is 9.67. The second-order valence-electron chi connectivity index (χ2n) is 13.6. The highest BCUT2D eigenvalue weighted by atomic mass is 16.6. The Labute approximate surface area is 280 Å². The predicted molar refractivity (Wildman–Crippen MR) is 179 cm³/mol. The molecule has 0 spiro atoms. The molecule has 0 aliphatic heterocycles. The summed E-state index contributed by atoms with van der Waals surface area (Å²) in [6.45, 7) is 21.9. The van der Waals surface area contributed by atoms with E-state index in [9.17, 15) is 0 Å². The van der Waals surface area contributed by atoms with Crippen molar-refractivity contribution in [2.24, 2.45) is 16.7 Å². The molecule has 0 bridgehead atoms. The first-order valence-electron chi connectivity index (χ1n) is 17.7. The van der Waals surface area contributed by atoms with Gasteiger partial charge in [-0.25, -0.2) is 0 Å². The summed E-state index contributed by atoms with van der Waals surface area (Å²) in [6, 6.07) is 0. The first kappa shape index (κ1) is 43.6. The lowest BCUT2D eigenvalue weighted by Crippen LogP contribution is -2.32. The summed E-state index contributed by atoms with van der Waals surface area (Å²) >= 11 is 0. The van der Waals surface area contributed by atoms with Crippen LogP contribution >= 0.6 is 0 Å². The van der Waals surface area contributed by atoms with Gasteiger partial charge in [-0.15, -0.1) is 0 Å². The van der Waals surface area contributed by atoms with Gasteiger partial charge in [-0.1, -0.05) is 34.6 Å². The fourth-order valence-corrected chi connectivity index (χ4v) is 5.11. The second kappa shape index (κ2) is 29.5. The monoisotopic (exact) mass is 666 g/mol. The summed E-state index contributed by atoms with van der Waals surface area (Å²) in [5.41, 5.74) is 0.830. The molecule has 11 heteroatoms. The quantitative estimate of drug-likeness (QED) is 0.0996. The number of hydrogen-bond acceptors (Lipinski definition) is 11. The summed E-state index contributed by atoms with van der Waals surface area (Å²) in [4.78, 5) is 0. The van der Waals surface area contributed by atoms with E-state index in [1.54, 1.807) is 0 Å². The number of aliphatic hydroxyl groups excluding tert-OH is 1. The summed E-state index contributed by atoms with van der Waals surface area (Å²) in [7, 11) is 0. The van der Waals surface area contributed by atoms with Crippen LogP contribution in [-0.4, -0.2) is 143 Å². The number of hydrogen-bond donors (Lipinski definition) is 1. The van der Waals surface area contributed by atoms with Crippen LogP contribution in [0.15, 0.2) is 0 Å². The van der Waals surface area contributed by atoms with E-state index in [1.165, 1.54) is 38.5 Å². The van der Waals surface area contributed by atoms with E-state index >= 15 is 0 Å². The molecule has 1 aliphatic carbocycles. The van der Waals surface area contributed by atoms with E-state index in [0.29, 0.717) is 142 Å². The average molecular weight is 667 g/mol. The molecule has 11 nitrogen and oxygen atoms in total. The number of aliphatic hydroxyl groups is 1. The Kier molecular flexibility index (Phi) is 27.9. The van der Waals surface area contributed by atoms with Crippen molar-refractivity contribution < 1.29 is 52.5 Å².